The summed E-state index contributed by atoms with van der Waals surface area (Å²) in [6.45, 7) is 2.72. The molecular weight excluding hydrogens is 334 g/mol. The number of likely N-dealkylation sites (N-methyl/N-ethyl adjacent to an activating group) is 1. The maximum atomic E-state index is 13.5. The molecule has 1 aromatic carbocycles. The molecule has 0 bridgehead atoms. The summed E-state index contributed by atoms with van der Waals surface area (Å²) in [4.78, 5) is 11.6. The minimum atomic E-state index is -2.03. The average molecular weight is 353 g/mol. The van der Waals surface area contributed by atoms with Crippen molar-refractivity contribution in [3.63, 3.8) is 0 Å². The molecule has 0 aliphatic carbocycles. The monoisotopic (exact) mass is 353 g/mol. The van der Waals surface area contributed by atoms with Crippen molar-refractivity contribution in [1.29, 1.82) is 0 Å². The molecule has 136 valence electrons. The van der Waals surface area contributed by atoms with Gasteiger partial charge in [-0.3, -0.25) is 4.79 Å². The van der Waals surface area contributed by atoms with E-state index in [1.807, 2.05) is 0 Å². The summed E-state index contributed by atoms with van der Waals surface area (Å²) < 4.78 is 67.9. The first kappa shape index (κ1) is 20.3. The van der Waals surface area contributed by atoms with E-state index in [-0.39, 0.29) is 19.6 Å². The summed E-state index contributed by atoms with van der Waals surface area (Å²) in [5, 5.41) is 2.89. The van der Waals surface area contributed by atoms with Gasteiger partial charge in [-0.2, -0.15) is 4.39 Å². The van der Waals surface area contributed by atoms with Gasteiger partial charge >= 0.3 is 5.97 Å². The summed E-state index contributed by atoms with van der Waals surface area (Å²) in [7, 11) is 1.79. The van der Waals surface area contributed by atoms with Crippen molar-refractivity contribution in [1.82, 2.24) is 5.32 Å². The number of halogens is 4. The van der Waals surface area contributed by atoms with Gasteiger partial charge in [-0.1, -0.05) is 0 Å². The molecule has 0 unspecified atom stereocenters. The van der Waals surface area contributed by atoms with E-state index in [9.17, 15) is 22.4 Å². The molecule has 0 atom stereocenters. The van der Waals surface area contributed by atoms with Crippen molar-refractivity contribution in [2.75, 3.05) is 40.0 Å². The van der Waals surface area contributed by atoms with Gasteiger partial charge in [-0.05, 0) is 14.0 Å². The number of carbonyl (C=O) groups is 1. The third-order valence-electron chi connectivity index (χ3n) is 2.98. The van der Waals surface area contributed by atoms with Crippen LogP contribution >= 0.6 is 0 Å². The minimum absolute atomic E-state index is 0.0406. The Hall–Kier alpha value is -1.71. The Morgan fingerprint density at radius 3 is 2.12 bits per heavy atom. The Morgan fingerprint density at radius 1 is 0.917 bits per heavy atom. The van der Waals surface area contributed by atoms with Gasteiger partial charge in [-0.15, -0.1) is 0 Å². The van der Waals surface area contributed by atoms with E-state index in [1.54, 1.807) is 7.05 Å². The van der Waals surface area contributed by atoms with Crippen LogP contribution in [0, 0.1) is 30.2 Å². The number of carbonyl (C=O) groups excluding carboxylic acids is 1. The highest BCUT2D eigenvalue weighted by atomic mass is 19.2. The Bertz CT molecular complexity index is 540. The summed E-state index contributed by atoms with van der Waals surface area (Å²) >= 11 is 0. The van der Waals surface area contributed by atoms with Crippen LogP contribution in [0.5, 0.6) is 5.75 Å². The van der Waals surface area contributed by atoms with Gasteiger partial charge in [-0.25, -0.2) is 13.2 Å². The number of benzene rings is 1. The zero-order valence-corrected chi connectivity index (χ0v) is 13.4. The number of nitrogens with one attached hydrogen (secondary N) is 1. The Kier molecular flexibility index (Phi) is 8.66. The summed E-state index contributed by atoms with van der Waals surface area (Å²) in [6, 6.07) is 0. The Labute approximate surface area is 136 Å². The summed E-state index contributed by atoms with van der Waals surface area (Å²) in [6.07, 6.45) is -0.268. The standard InChI is InChI=1S/C15H19F4NO4/c1-9-11(16)12(17)13(18)14(19)15(9)24-10(21)3-5-22-7-8-23-6-4-20-2/h20H,3-8H2,1-2H3. The van der Waals surface area contributed by atoms with E-state index in [4.69, 9.17) is 9.47 Å². The predicted molar refractivity (Wildman–Crippen MR) is 76.8 cm³/mol. The fourth-order valence-corrected chi connectivity index (χ4v) is 1.66. The van der Waals surface area contributed by atoms with Crippen LogP contribution in [0.3, 0.4) is 0 Å². The van der Waals surface area contributed by atoms with E-state index < -0.39 is 40.6 Å². The minimum Gasteiger partial charge on any atom is -0.423 e. The molecule has 1 aromatic rings. The second kappa shape index (κ2) is 10.2. The normalized spacial score (nSPS) is 10.9. The molecule has 24 heavy (non-hydrogen) atoms. The highest BCUT2D eigenvalue weighted by molar-refractivity contribution is 5.73. The van der Waals surface area contributed by atoms with Crippen molar-refractivity contribution in [3.8, 4) is 5.75 Å². The highest BCUT2D eigenvalue weighted by Crippen LogP contribution is 2.30. The number of esters is 1. The lowest BCUT2D eigenvalue weighted by molar-refractivity contribution is -0.136. The maximum absolute atomic E-state index is 13.5. The second-order valence-corrected chi connectivity index (χ2v) is 4.76. The fraction of sp³-hybridized carbons (Fsp3) is 0.533. The van der Waals surface area contributed by atoms with E-state index in [2.05, 4.69) is 10.1 Å². The average Bonchev–Trinajstić information content (AvgIpc) is 2.57. The highest BCUT2D eigenvalue weighted by Gasteiger charge is 2.25. The van der Waals surface area contributed by atoms with Gasteiger partial charge in [0, 0.05) is 12.1 Å². The van der Waals surface area contributed by atoms with Gasteiger partial charge in [0.05, 0.1) is 32.8 Å². The lowest BCUT2D eigenvalue weighted by Crippen LogP contribution is -2.17. The molecule has 0 aliphatic heterocycles. The summed E-state index contributed by atoms with van der Waals surface area (Å²) in [5.41, 5.74) is -0.626. The summed E-state index contributed by atoms with van der Waals surface area (Å²) in [5.74, 6) is -9.27. The largest absolute Gasteiger partial charge is 0.423 e. The van der Waals surface area contributed by atoms with Crippen molar-refractivity contribution < 1.29 is 36.6 Å². The number of hydrogen-bond acceptors (Lipinski definition) is 5. The molecule has 0 spiro atoms. The molecule has 0 amide bonds. The molecule has 0 radical (unpaired) electrons. The molecule has 1 rings (SSSR count). The van der Waals surface area contributed by atoms with Crippen molar-refractivity contribution in [2.45, 2.75) is 13.3 Å². The van der Waals surface area contributed by atoms with Crippen LogP contribution in [-0.2, 0) is 14.3 Å². The van der Waals surface area contributed by atoms with Crippen LogP contribution in [0.15, 0.2) is 0 Å². The van der Waals surface area contributed by atoms with Crippen LogP contribution in [0.4, 0.5) is 17.6 Å². The first-order valence-electron chi connectivity index (χ1n) is 7.23. The predicted octanol–water partition coefficient (Wildman–Crippen LogP) is 2.10. The Morgan fingerprint density at radius 2 is 1.50 bits per heavy atom. The molecule has 0 aromatic heterocycles. The zero-order chi connectivity index (χ0) is 18.1. The van der Waals surface area contributed by atoms with Gasteiger partial charge in [0.25, 0.3) is 0 Å². The number of ether oxygens (including phenoxy) is 3. The van der Waals surface area contributed by atoms with Gasteiger partial charge in [0.1, 0.15) is 0 Å². The second-order valence-electron chi connectivity index (χ2n) is 4.76. The number of hydrogen-bond donors (Lipinski definition) is 1. The topological polar surface area (TPSA) is 56.8 Å². The van der Waals surface area contributed by atoms with Crippen LogP contribution in [0.25, 0.3) is 0 Å². The molecule has 0 saturated heterocycles. The quantitative estimate of drug-likeness (QED) is 0.174. The van der Waals surface area contributed by atoms with E-state index in [1.165, 1.54) is 0 Å². The van der Waals surface area contributed by atoms with E-state index in [0.717, 1.165) is 6.92 Å². The number of rotatable bonds is 10. The van der Waals surface area contributed by atoms with E-state index >= 15 is 0 Å². The van der Waals surface area contributed by atoms with Gasteiger partial charge in [0.2, 0.25) is 11.6 Å². The molecule has 0 fully saturated rings. The lowest BCUT2D eigenvalue weighted by atomic mass is 10.2. The van der Waals surface area contributed by atoms with Crippen LogP contribution < -0.4 is 10.1 Å². The van der Waals surface area contributed by atoms with Crippen LogP contribution in [-0.4, -0.2) is 46.0 Å². The molecular formula is C15H19F4NO4. The molecule has 1 N–H and O–H groups in total. The molecule has 0 heterocycles. The van der Waals surface area contributed by atoms with Gasteiger partial charge in [0.15, 0.2) is 17.4 Å². The van der Waals surface area contributed by atoms with E-state index in [0.29, 0.717) is 19.8 Å². The third kappa shape index (κ3) is 5.73. The SMILES string of the molecule is CNCCOCCOCCC(=O)Oc1c(C)c(F)c(F)c(F)c1F. The first-order chi connectivity index (χ1) is 11.4. The van der Waals surface area contributed by atoms with Crippen molar-refractivity contribution in [3.05, 3.63) is 28.8 Å². The first-order valence-corrected chi connectivity index (χ1v) is 7.23. The molecule has 0 aliphatic rings. The molecule has 9 heteroatoms. The molecule has 5 nitrogen and oxygen atoms in total. The lowest BCUT2D eigenvalue weighted by Gasteiger charge is -2.11. The molecule has 0 saturated carbocycles. The maximum Gasteiger partial charge on any atom is 0.313 e. The Balaban J connectivity index is 2.41. The third-order valence-corrected chi connectivity index (χ3v) is 2.98. The van der Waals surface area contributed by atoms with Crippen LogP contribution in [0.2, 0.25) is 0 Å². The van der Waals surface area contributed by atoms with Crippen LogP contribution in [0.1, 0.15) is 12.0 Å². The smallest absolute Gasteiger partial charge is 0.313 e. The van der Waals surface area contributed by atoms with Crippen molar-refractivity contribution in [2.24, 2.45) is 0 Å². The fourth-order valence-electron chi connectivity index (χ4n) is 1.66. The van der Waals surface area contributed by atoms with Gasteiger partial charge < -0.3 is 19.5 Å². The van der Waals surface area contributed by atoms with Crippen molar-refractivity contribution >= 4 is 5.97 Å². The zero-order valence-electron chi connectivity index (χ0n) is 13.4.